The van der Waals surface area contributed by atoms with Gasteiger partial charge in [0.15, 0.2) is 0 Å². The molecule has 200 valence electrons. The largest absolute Gasteiger partial charge is 0.446 e. The van der Waals surface area contributed by atoms with Crippen LogP contribution in [0.2, 0.25) is 0 Å². The molecular formula is C27H39N7O3. The zero-order valence-electron chi connectivity index (χ0n) is 22.7. The van der Waals surface area contributed by atoms with Gasteiger partial charge in [0.25, 0.3) is 0 Å². The maximum Gasteiger partial charge on any atom is 0.240 e. The van der Waals surface area contributed by atoms with Crippen LogP contribution in [0.15, 0.2) is 39.2 Å². The van der Waals surface area contributed by atoms with E-state index in [0.717, 1.165) is 53.9 Å². The molecule has 0 aliphatic heterocycles. The quantitative estimate of drug-likeness (QED) is 0.347. The predicted molar refractivity (Wildman–Crippen MR) is 144 cm³/mol. The lowest BCUT2D eigenvalue weighted by Crippen LogP contribution is -2.35. The van der Waals surface area contributed by atoms with Gasteiger partial charge in [-0.15, -0.1) is 5.10 Å². The molecule has 0 spiro atoms. The van der Waals surface area contributed by atoms with Gasteiger partial charge in [0.1, 0.15) is 11.8 Å². The Bertz CT molecular complexity index is 1240. The number of methoxy groups -OCH3 is 1. The molecule has 0 bridgehead atoms. The lowest BCUT2D eigenvalue weighted by atomic mass is 9.85. The summed E-state index contributed by atoms with van der Waals surface area (Å²) in [6.45, 7) is 14.3. The highest BCUT2D eigenvalue weighted by molar-refractivity contribution is 5.84. The number of rotatable bonds is 8. The molecule has 10 nitrogen and oxygen atoms in total. The number of aliphatic hydroxyl groups excluding tert-OH is 1. The summed E-state index contributed by atoms with van der Waals surface area (Å²) in [6, 6.07) is 2.22. The Morgan fingerprint density at radius 2 is 2.05 bits per heavy atom. The maximum absolute atomic E-state index is 10.1. The van der Waals surface area contributed by atoms with Crippen molar-refractivity contribution in [2.24, 2.45) is 10.1 Å². The molecule has 3 aromatic rings. The lowest BCUT2D eigenvalue weighted by Gasteiger charge is -2.26. The van der Waals surface area contributed by atoms with Crippen LogP contribution in [0.1, 0.15) is 75.3 Å². The highest BCUT2D eigenvalue weighted by Crippen LogP contribution is 2.38. The Hall–Kier alpha value is -3.24. The molecule has 1 saturated carbocycles. The van der Waals surface area contributed by atoms with Gasteiger partial charge in [-0.05, 0) is 73.1 Å². The van der Waals surface area contributed by atoms with Crippen LogP contribution >= 0.6 is 0 Å². The molecule has 0 unspecified atom stereocenters. The number of nitrogens with zero attached hydrogens (tertiary/aromatic N) is 6. The Balaban J connectivity index is 1.74. The summed E-state index contributed by atoms with van der Waals surface area (Å²) < 4.78 is 14.8. The van der Waals surface area contributed by atoms with Crippen molar-refractivity contribution in [3.05, 3.63) is 47.7 Å². The number of hydrogen-bond donors (Lipinski definition) is 2. The summed E-state index contributed by atoms with van der Waals surface area (Å²) in [7, 11) is 1.67. The van der Waals surface area contributed by atoms with Gasteiger partial charge in [0, 0.05) is 47.8 Å². The van der Waals surface area contributed by atoms with Crippen molar-refractivity contribution >= 4 is 12.7 Å². The second kappa shape index (κ2) is 11.0. The highest BCUT2D eigenvalue weighted by atomic mass is 16.5. The molecule has 0 radical (unpaired) electrons. The van der Waals surface area contributed by atoms with E-state index >= 15 is 0 Å². The van der Waals surface area contributed by atoms with Crippen molar-refractivity contribution < 1.29 is 14.3 Å². The van der Waals surface area contributed by atoms with Gasteiger partial charge in [0.2, 0.25) is 11.9 Å². The number of oxazole rings is 1. The van der Waals surface area contributed by atoms with Crippen LogP contribution in [0.3, 0.4) is 0 Å². The second-order valence-corrected chi connectivity index (χ2v) is 10.5. The van der Waals surface area contributed by atoms with E-state index in [1.165, 1.54) is 0 Å². The molecule has 1 aliphatic carbocycles. The first-order valence-corrected chi connectivity index (χ1v) is 12.8. The molecular weight excluding hydrogens is 470 g/mol. The summed E-state index contributed by atoms with van der Waals surface area (Å²) in [5, 5.41) is 22.9. The molecule has 0 saturated heterocycles. The van der Waals surface area contributed by atoms with Crippen molar-refractivity contribution in [1.82, 2.24) is 24.8 Å². The van der Waals surface area contributed by atoms with E-state index in [-0.39, 0.29) is 18.1 Å². The number of aromatic nitrogens is 4. The smallest absolute Gasteiger partial charge is 0.240 e. The molecule has 0 aromatic carbocycles. The molecule has 10 heteroatoms. The standard InChI is InChI=1S/C27H39N7O3/c1-17(15-36-7)31-26(28-6)32-34-19(3)23(12-24(34)20-8-10-22(35)11-9-20)21-13-29-33(14-21)27(4,5)25-30-18(2)16-37-25/h12-14,16-17,20,22,35H,6,8-11,15H2,1-5,7H3,(H,31,32)/t17-,20-,22-/m0/s1. The average Bonchev–Trinajstić information content (AvgIpc) is 3.60. The molecule has 37 heavy (non-hydrogen) atoms. The van der Waals surface area contributed by atoms with E-state index in [0.29, 0.717) is 18.5 Å². The minimum absolute atomic E-state index is 0.0252. The first-order chi connectivity index (χ1) is 17.6. The third-order valence-corrected chi connectivity index (χ3v) is 7.10. The molecule has 1 fully saturated rings. The fourth-order valence-corrected chi connectivity index (χ4v) is 4.92. The lowest BCUT2D eigenvalue weighted by molar-refractivity contribution is 0.121. The number of nitrogens with one attached hydrogen (secondary N) is 1. The van der Waals surface area contributed by atoms with Crippen LogP contribution in [0, 0.1) is 13.8 Å². The zero-order valence-corrected chi connectivity index (χ0v) is 22.7. The third kappa shape index (κ3) is 5.70. The van der Waals surface area contributed by atoms with Gasteiger partial charge in [-0.1, -0.05) is 0 Å². The number of aryl methyl sites for hydroxylation is 1. The maximum atomic E-state index is 10.1. The summed E-state index contributed by atoms with van der Waals surface area (Å²) in [4.78, 5) is 8.66. The van der Waals surface area contributed by atoms with E-state index < -0.39 is 5.54 Å². The van der Waals surface area contributed by atoms with Gasteiger partial charge < -0.3 is 19.6 Å². The van der Waals surface area contributed by atoms with Crippen LogP contribution in [0.5, 0.6) is 0 Å². The van der Waals surface area contributed by atoms with E-state index in [9.17, 15) is 5.11 Å². The fraction of sp³-hybridized carbons (Fsp3) is 0.556. The Morgan fingerprint density at radius 1 is 1.32 bits per heavy atom. The minimum Gasteiger partial charge on any atom is -0.446 e. The predicted octanol–water partition coefficient (Wildman–Crippen LogP) is 4.20. The summed E-state index contributed by atoms with van der Waals surface area (Å²) in [5.41, 5.74) is 4.39. The van der Waals surface area contributed by atoms with Crippen LogP contribution < -0.4 is 5.32 Å². The van der Waals surface area contributed by atoms with Crippen molar-refractivity contribution in [3.63, 3.8) is 0 Å². The molecule has 1 atom stereocenters. The van der Waals surface area contributed by atoms with E-state index in [4.69, 9.17) is 14.3 Å². The summed E-state index contributed by atoms with van der Waals surface area (Å²) in [6.07, 6.45) is 8.69. The van der Waals surface area contributed by atoms with Crippen molar-refractivity contribution in [1.29, 1.82) is 0 Å². The van der Waals surface area contributed by atoms with Crippen LogP contribution in [-0.2, 0) is 10.3 Å². The van der Waals surface area contributed by atoms with E-state index in [2.05, 4.69) is 40.1 Å². The minimum atomic E-state index is -0.551. The van der Waals surface area contributed by atoms with Gasteiger partial charge in [-0.3, -0.25) is 4.68 Å². The number of aliphatic hydroxyl groups is 1. The number of hydrogen-bond acceptors (Lipinski definition) is 6. The molecule has 4 rings (SSSR count). The molecule has 3 aromatic heterocycles. The van der Waals surface area contributed by atoms with Crippen molar-refractivity contribution in [2.75, 3.05) is 13.7 Å². The topological polar surface area (TPSA) is 115 Å². The summed E-state index contributed by atoms with van der Waals surface area (Å²) in [5.74, 6) is 1.32. The summed E-state index contributed by atoms with van der Waals surface area (Å²) >= 11 is 0. The van der Waals surface area contributed by atoms with E-state index in [1.807, 2.05) is 49.4 Å². The second-order valence-electron chi connectivity index (χ2n) is 10.5. The highest BCUT2D eigenvalue weighted by Gasteiger charge is 2.31. The molecule has 3 heterocycles. The van der Waals surface area contributed by atoms with E-state index in [1.54, 1.807) is 13.4 Å². The average molecular weight is 510 g/mol. The van der Waals surface area contributed by atoms with Gasteiger partial charge in [-0.25, -0.2) is 14.7 Å². The van der Waals surface area contributed by atoms with Crippen LogP contribution in [-0.4, -0.2) is 63.1 Å². The number of aliphatic imine (C=N–C) groups is 1. The molecule has 0 amide bonds. The first-order valence-electron chi connectivity index (χ1n) is 12.8. The monoisotopic (exact) mass is 509 g/mol. The van der Waals surface area contributed by atoms with Gasteiger partial charge in [0.05, 0.1) is 24.6 Å². The fourth-order valence-electron chi connectivity index (χ4n) is 4.92. The molecule has 2 N–H and O–H groups in total. The number of guanidine groups is 1. The van der Waals surface area contributed by atoms with Crippen molar-refractivity contribution in [2.45, 2.75) is 83.9 Å². The SMILES string of the molecule is C=N/C(=N\n1c(C)c(-c2cnn(C(C)(C)c3nc(C)co3)c2)cc1[C@H]1CC[C@H](O)CC1)N[C@@H](C)COC. The van der Waals surface area contributed by atoms with Crippen LogP contribution in [0.4, 0.5) is 0 Å². The normalized spacial score (nSPS) is 19.7. The number of ether oxygens (including phenoxy) is 1. The van der Waals surface area contributed by atoms with Crippen molar-refractivity contribution in [3.8, 4) is 11.1 Å². The third-order valence-electron chi connectivity index (χ3n) is 7.10. The molecule has 1 aliphatic rings. The van der Waals surface area contributed by atoms with Gasteiger partial charge in [-0.2, -0.15) is 5.10 Å². The Kier molecular flexibility index (Phi) is 7.99. The van der Waals surface area contributed by atoms with Gasteiger partial charge >= 0.3 is 0 Å². The Morgan fingerprint density at radius 3 is 2.68 bits per heavy atom. The van der Waals surface area contributed by atoms with Crippen LogP contribution in [0.25, 0.3) is 11.1 Å². The Labute approximate surface area is 218 Å². The zero-order chi connectivity index (χ0) is 26.7. The first kappa shape index (κ1) is 26.8.